The van der Waals surface area contributed by atoms with Gasteiger partial charge in [0.2, 0.25) is 0 Å². The first kappa shape index (κ1) is 14.0. The second kappa shape index (κ2) is 5.79. The van der Waals surface area contributed by atoms with Crippen LogP contribution in [-0.4, -0.2) is 16.1 Å². The first-order valence-corrected chi connectivity index (χ1v) is 7.43. The van der Waals surface area contributed by atoms with Crippen LogP contribution in [0.5, 0.6) is 0 Å². The third-order valence-electron chi connectivity index (χ3n) is 3.02. The fourth-order valence-corrected chi connectivity index (χ4v) is 2.90. The number of hydrogen-bond donors (Lipinski definition) is 0. The van der Waals surface area contributed by atoms with Gasteiger partial charge in [-0.1, -0.05) is 23.7 Å². The van der Waals surface area contributed by atoms with Gasteiger partial charge in [0.1, 0.15) is 11.5 Å². The van der Waals surface area contributed by atoms with Crippen LogP contribution in [0.15, 0.2) is 41.9 Å². The van der Waals surface area contributed by atoms with Gasteiger partial charge in [-0.2, -0.15) is 5.10 Å². The SMILES string of the molecule is O=Cc1cn(Cc2ccc(F)cc2)nc1-c1csc(Cl)c1. The molecule has 0 bridgehead atoms. The van der Waals surface area contributed by atoms with Crippen molar-refractivity contribution >= 4 is 29.2 Å². The lowest BCUT2D eigenvalue weighted by atomic mass is 10.2. The Kier molecular flexibility index (Phi) is 3.86. The van der Waals surface area contributed by atoms with Gasteiger partial charge >= 0.3 is 0 Å². The molecule has 3 aromatic rings. The molecule has 0 unspecified atom stereocenters. The van der Waals surface area contributed by atoms with Gasteiger partial charge in [-0.3, -0.25) is 9.48 Å². The lowest BCUT2D eigenvalue weighted by molar-refractivity contribution is 0.112. The maximum absolute atomic E-state index is 12.9. The van der Waals surface area contributed by atoms with E-state index in [4.69, 9.17) is 11.6 Å². The van der Waals surface area contributed by atoms with Crippen molar-refractivity contribution in [2.24, 2.45) is 0 Å². The Hall–Kier alpha value is -1.98. The van der Waals surface area contributed by atoms with Crippen molar-refractivity contribution in [3.63, 3.8) is 0 Å². The molecule has 106 valence electrons. The van der Waals surface area contributed by atoms with Crippen LogP contribution >= 0.6 is 22.9 Å². The molecule has 1 aromatic carbocycles. The lowest BCUT2D eigenvalue weighted by Gasteiger charge is -2.01. The summed E-state index contributed by atoms with van der Waals surface area (Å²) in [5.74, 6) is -0.276. The number of carbonyl (C=O) groups is 1. The number of nitrogens with zero attached hydrogens (tertiary/aromatic N) is 2. The summed E-state index contributed by atoms with van der Waals surface area (Å²) < 4.78 is 15.2. The first-order chi connectivity index (χ1) is 10.2. The van der Waals surface area contributed by atoms with Crippen molar-refractivity contribution in [3.8, 4) is 11.3 Å². The van der Waals surface area contributed by atoms with Gasteiger partial charge in [0.25, 0.3) is 0 Å². The highest BCUT2D eigenvalue weighted by molar-refractivity contribution is 7.14. The van der Waals surface area contributed by atoms with Crippen molar-refractivity contribution in [2.45, 2.75) is 6.54 Å². The minimum Gasteiger partial charge on any atom is -0.298 e. The summed E-state index contributed by atoms with van der Waals surface area (Å²) >= 11 is 7.31. The molecule has 0 saturated carbocycles. The Labute approximate surface area is 129 Å². The Balaban J connectivity index is 1.92. The van der Waals surface area contributed by atoms with Crippen LogP contribution in [0.25, 0.3) is 11.3 Å². The molecule has 0 fully saturated rings. The van der Waals surface area contributed by atoms with Crippen LogP contribution in [0.1, 0.15) is 15.9 Å². The number of thiophene rings is 1. The van der Waals surface area contributed by atoms with E-state index in [0.717, 1.165) is 17.4 Å². The minimum atomic E-state index is -0.276. The summed E-state index contributed by atoms with van der Waals surface area (Å²) in [5.41, 5.74) is 2.85. The Morgan fingerprint density at radius 2 is 2.10 bits per heavy atom. The number of benzene rings is 1. The molecule has 21 heavy (non-hydrogen) atoms. The van der Waals surface area contributed by atoms with Crippen LogP contribution in [0.3, 0.4) is 0 Å². The summed E-state index contributed by atoms with van der Waals surface area (Å²) in [6, 6.07) is 7.97. The number of carbonyl (C=O) groups excluding carboxylic acids is 1. The monoisotopic (exact) mass is 320 g/mol. The van der Waals surface area contributed by atoms with Gasteiger partial charge in [-0.15, -0.1) is 11.3 Å². The van der Waals surface area contributed by atoms with Crippen LogP contribution in [-0.2, 0) is 6.54 Å². The number of halogens is 2. The van der Waals surface area contributed by atoms with Gasteiger partial charge in [0.15, 0.2) is 6.29 Å². The quantitative estimate of drug-likeness (QED) is 0.673. The summed E-state index contributed by atoms with van der Waals surface area (Å²) in [6.07, 6.45) is 2.45. The standard InChI is InChI=1S/C15H10ClFN2OS/c16-14-5-11(9-21-14)15-12(8-20)7-19(18-15)6-10-1-3-13(17)4-2-10/h1-5,7-9H,6H2. The topological polar surface area (TPSA) is 34.9 Å². The van der Waals surface area contributed by atoms with Crippen LogP contribution in [0.4, 0.5) is 4.39 Å². The molecule has 0 aliphatic rings. The summed E-state index contributed by atoms with van der Waals surface area (Å²) in [6.45, 7) is 0.471. The third-order valence-corrected chi connectivity index (χ3v) is 4.11. The van der Waals surface area contributed by atoms with E-state index < -0.39 is 0 Å². The van der Waals surface area contributed by atoms with E-state index in [1.165, 1.54) is 23.5 Å². The zero-order chi connectivity index (χ0) is 14.8. The average Bonchev–Trinajstić information content (AvgIpc) is 3.07. The molecule has 0 saturated heterocycles. The molecule has 0 amide bonds. The van der Waals surface area contributed by atoms with Gasteiger partial charge in [0, 0.05) is 17.1 Å². The zero-order valence-electron chi connectivity index (χ0n) is 10.8. The molecule has 0 atom stereocenters. The molecule has 2 heterocycles. The van der Waals surface area contributed by atoms with Gasteiger partial charge in [0.05, 0.1) is 16.4 Å². The number of rotatable bonds is 4. The normalized spacial score (nSPS) is 10.8. The molecule has 0 aliphatic carbocycles. The maximum atomic E-state index is 12.9. The fourth-order valence-electron chi connectivity index (χ4n) is 2.04. The van der Waals surface area contributed by atoms with E-state index in [2.05, 4.69) is 5.10 Å². The summed E-state index contributed by atoms with van der Waals surface area (Å²) in [4.78, 5) is 11.2. The largest absolute Gasteiger partial charge is 0.298 e. The van der Waals surface area contributed by atoms with E-state index in [0.29, 0.717) is 22.1 Å². The third kappa shape index (κ3) is 3.04. The summed E-state index contributed by atoms with van der Waals surface area (Å²) in [5, 5.41) is 6.28. The zero-order valence-corrected chi connectivity index (χ0v) is 12.4. The molecule has 3 nitrogen and oxygen atoms in total. The highest BCUT2D eigenvalue weighted by Gasteiger charge is 2.12. The second-order valence-electron chi connectivity index (χ2n) is 4.51. The Morgan fingerprint density at radius 1 is 1.33 bits per heavy atom. The van der Waals surface area contributed by atoms with E-state index in [1.807, 2.05) is 5.38 Å². The number of aromatic nitrogens is 2. The minimum absolute atomic E-state index is 0.276. The molecule has 0 spiro atoms. The van der Waals surface area contributed by atoms with Crippen molar-refractivity contribution in [1.29, 1.82) is 0 Å². The molecular weight excluding hydrogens is 311 g/mol. The van der Waals surface area contributed by atoms with Crippen molar-refractivity contribution in [2.75, 3.05) is 0 Å². The van der Waals surface area contributed by atoms with Crippen LogP contribution in [0, 0.1) is 5.82 Å². The molecule has 0 N–H and O–H groups in total. The van der Waals surface area contributed by atoms with Crippen molar-refractivity contribution in [1.82, 2.24) is 9.78 Å². The molecule has 0 aliphatic heterocycles. The predicted octanol–water partition coefficient (Wildman–Crippen LogP) is 4.26. The van der Waals surface area contributed by atoms with Gasteiger partial charge in [-0.05, 0) is 23.8 Å². The predicted molar refractivity (Wildman–Crippen MR) is 81.4 cm³/mol. The number of hydrogen-bond acceptors (Lipinski definition) is 3. The molecule has 2 aromatic heterocycles. The van der Waals surface area contributed by atoms with Crippen LogP contribution < -0.4 is 0 Å². The second-order valence-corrected chi connectivity index (χ2v) is 6.06. The highest BCUT2D eigenvalue weighted by Crippen LogP contribution is 2.29. The van der Waals surface area contributed by atoms with Crippen molar-refractivity contribution in [3.05, 3.63) is 63.2 Å². The Bertz CT molecular complexity index is 779. The average molecular weight is 321 g/mol. The van der Waals surface area contributed by atoms with E-state index in [9.17, 15) is 9.18 Å². The highest BCUT2D eigenvalue weighted by atomic mass is 35.5. The first-order valence-electron chi connectivity index (χ1n) is 6.17. The molecule has 0 radical (unpaired) electrons. The Morgan fingerprint density at radius 3 is 2.71 bits per heavy atom. The molecule has 3 rings (SSSR count). The smallest absolute Gasteiger partial charge is 0.153 e. The molecule has 6 heteroatoms. The van der Waals surface area contributed by atoms with Gasteiger partial charge < -0.3 is 0 Å². The lowest BCUT2D eigenvalue weighted by Crippen LogP contribution is -2.00. The maximum Gasteiger partial charge on any atom is 0.153 e. The van der Waals surface area contributed by atoms with E-state index in [-0.39, 0.29) is 5.82 Å². The van der Waals surface area contributed by atoms with Crippen molar-refractivity contribution < 1.29 is 9.18 Å². The van der Waals surface area contributed by atoms with Crippen LogP contribution in [0.2, 0.25) is 4.34 Å². The van der Waals surface area contributed by atoms with E-state index >= 15 is 0 Å². The van der Waals surface area contributed by atoms with E-state index in [1.54, 1.807) is 29.1 Å². The fraction of sp³-hybridized carbons (Fsp3) is 0.0667. The summed E-state index contributed by atoms with van der Waals surface area (Å²) in [7, 11) is 0. The number of aldehydes is 1. The molecular formula is C15H10ClFN2OS. The van der Waals surface area contributed by atoms with Gasteiger partial charge in [-0.25, -0.2) is 4.39 Å².